The molecule has 0 aliphatic heterocycles. The molecule has 1 N–H and O–H groups in total. The third-order valence-electron chi connectivity index (χ3n) is 5.69. The van der Waals surface area contributed by atoms with E-state index in [1.807, 2.05) is 6.92 Å². The Bertz CT molecular complexity index is 1490. The average Bonchev–Trinajstić information content (AvgIpc) is 3.41. The molecule has 0 saturated carbocycles. The molecule has 38 heavy (non-hydrogen) atoms. The van der Waals surface area contributed by atoms with Gasteiger partial charge in [0.05, 0.1) is 12.2 Å². The molecule has 0 bridgehead atoms. The summed E-state index contributed by atoms with van der Waals surface area (Å²) in [5.74, 6) is -4.47. The third-order valence-corrected chi connectivity index (χ3v) is 5.95. The fraction of sp³-hybridized carbons (Fsp3) is 0.333. The van der Waals surface area contributed by atoms with Gasteiger partial charge in [0, 0.05) is 17.5 Å². The van der Waals surface area contributed by atoms with Gasteiger partial charge in [-0.3, -0.25) is 4.57 Å². The van der Waals surface area contributed by atoms with Crippen LogP contribution in [0.15, 0.2) is 53.3 Å². The number of alkyl halides is 5. The van der Waals surface area contributed by atoms with Gasteiger partial charge in [-0.1, -0.05) is 36.7 Å². The molecule has 1 unspecified atom stereocenters. The van der Waals surface area contributed by atoms with Crippen molar-refractivity contribution in [1.82, 2.24) is 29.1 Å². The van der Waals surface area contributed by atoms with Crippen molar-refractivity contribution in [3.63, 3.8) is 0 Å². The van der Waals surface area contributed by atoms with E-state index in [2.05, 4.69) is 15.2 Å². The van der Waals surface area contributed by atoms with Crippen LogP contribution in [0.3, 0.4) is 0 Å². The number of nitrogens with zero attached hydrogens (tertiary/aromatic N) is 6. The number of aryl methyl sites for hydroxylation is 1. The van der Waals surface area contributed by atoms with Crippen molar-refractivity contribution in [3.05, 3.63) is 81.3 Å². The fourth-order valence-corrected chi connectivity index (χ4v) is 3.95. The van der Waals surface area contributed by atoms with Crippen molar-refractivity contribution >= 4 is 11.6 Å². The van der Waals surface area contributed by atoms with Gasteiger partial charge in [0.2, 0.25) is 5.82 Å². The topological polar surface area (TPSA) is 90.8 Å². The van der Waals surface area contributed by atoms with E-state index in [-0.39, 0.29) is 17.2 Å². The van der Waals surface area contributed by atoms with Crippen LogP contribution < -0.4 is 5.69 Å². The molecular weight excluding hydrogens is 535 g/mol. The lowest BCUT2D eigenvalue weighted by Gasteiger charge is -2.15. The molecule has 0 saturated heterocycles. The Kier molecular flexibility index (Phi) is 7.44. The van der Waals surface area contributed by atoms with E-state index in [0.717, 1.165) is 14.9 Å². The van der Waals surface area contributed by atoms with Gasteiger partial charge in [-0.25, -0.2) is 19.1 Å². The highest BCUT2D eigenvalue weighted by molar-refractivity contribution is 6.30. The molecule has 0 aliphatic carbocycles. The Hall–Kier alpha value is -3.58. The predicted octanol–water partition coefficient (Wildman–Crippen LogP) is 4.59. The molecule has 1 atom stereocenters. The standard InChI is InChI=1S/C24H22ClF5N6O2/c1-3-14-6-4-5-7-17(14)36-21(23(2,26)27)31-19(32-36)13-35-22(38)34(12-18(37)24(28,29)30)20(33-35)15-8-10-16(25)11-9-15/h4-11,18,37H,3,12-13H2,1-2H3. The van der Waals surface area contributed by atoms with E-state index >= 15 is 0 Å². The van der Waals surface area contributed by atoms with E-state index in [4.69, 9.17) is 11.6 Å². The van der Waals surface area contributed by atoms with Gasteiger partial charge >= 0.3 is 17.8 Å². The van der Waals surface area contributed by atoms with Crippen LogP contribution in [-0.2, 0) is 25.4 Å². The van der Waals surface area contributed by atoms with Crippen LogP contribution in [0.2, 0.25) is 5.02 Å². The molecule has 8 nitrogen and oxygen atoms in total. The molecule has 0 spiro atoms. The number of rotatable bonds is 8. The smallest absolute Gasteiger partial charge is 0.382 e. The molecule has 202 valence electrons. The zero-order valence-corrected chi connectivity index (χ0v) is 20.9. The Labute approximate surface area is 217 Å². The van der Waals surface area contributed by atoms with Crippen LogP contribution in [0.1, 0.15) is 31.1 Å². The van der Waals surface area contributed by atoms with Crippen molar-refractivity contribution in [3.8, 4) is 17.1 Å². The molecule has 0 amide bonds. The highest BCUT2D eigenvalue weighted by Crippen LogP contribution is 2.29. The Balaban J connectivity index is 1.81. The molecular formula is C24H22ClF5N6O2. The SMILES string of the molecule is CCc1ccccc1-n1nc(Cn2nc(-c3ccc(Cl)cc3)n(CC(O)C(F)(F)F)c2=O)nc1C(C)(F)F. The van der Waals surface area contributed by atoms with Gasteiger partial charge in [-0.15, -0.1) is 10.2 Å². The van der Waals surface area contributed by atoms with Gasteiger partial charge in [0.15, 0.2) is 17.8 Å². The monoisotopic (exact) mass is 556 g/mol. The van der Waals surface area contributed by atoms with Crippen molar-refractivity contribution in [2.45, 2.75) is 51.6 Å². The number of hydrogen-bond acceptors (Lipinski definition) is 5. The van der Waals surface area contributed by atoms with E-state index in [0.29, 0.717) is 28.6 Å². The maximum Gasteiger partial charge on any atom is 0.416 e. The number of halogens is 6. The quantitative estimate of drug-likeness (QED) is 0.321. The van der Waals surface area contributed by atoms with Crippen LogP contribution in [0, 0.1) is 0 Å². The summed E-state index contributed by atoms with van der Waals surface area (Å²) in [6.07, 6.45) is -7.32. The van der Waals surface area contributed by atoms with Gasteiger partial charge in [-0.05, 0) is 42.3 Å². The van der Waals surface area contributed by atoms with Gasteiger partial charge in [-0.2, -0.15) is 22.0 Å². The number of aliphatic hydroxyl groups is 1. The van der Waals surface area contributed by atoms with Gasteiger partial charge < -0.3 is 5.11 Å². The summed E-state index contributed by atoms with van der Waals surface area (Å²) in [5, 5.41) is 18.3. The summed E-state index contributed by atoms with van der Waals surface area (Å²) in [5.41, 5.74) is 0.324. The first-order valence-corrected chi connectivity index (χ1v) is 11.8. The number of aliphatic hydroxyl groups excluding tert-OH is 1. The molecule has 0 aliphatic rings. The maximum absolute atomic E-state index is 14.5. The van der Waals surface area contributed by atoms with Crippen LogP contribution >= 0.6 is 11.6 Å². The van der Waals surface area contributed by atoms with E-state index in [1.165, 1.54) is 24.3 Å². The van der Waals surface area contributed by atoms with Crippen LogP contribution in [-0.4, -0.2) is 46.5 Å². The summed E-state index contributed by atoms with van der Waals surface area (Å²) in [7, 11) is 0. The highest BCUT2D eigenvalue weighted by atomic mass is 35.5. The lowest BCUT2D eigenvalue weighted by Crippen LogP contribution is -2.37. The summed E-state index contributed by atoms with van der Waals surface area (Å²) in [6.45, 7) is 0.855. The Morgan fingerprint density at radius 1 is 1.03 bits per heavy atom. The second-order valence-electron chi connectivity index (χ2n) is 8.57. The first-order valence-electron chi connectivity index (χ1n) is 11.4. The first kappa shape index (κ1) is 27.5. The summed E-state index contributed by atoms with van der Waals surface area (Å²) in [6, 6.07) is 12.6. The predicted molar refractivity (Wildman–Crippen MR) is 128 cm³/mol. The molecule has 2 aromatic heterocycles. The number of para-hydroxylation sites is 1. The Morgan fingerprint density at radius 2 is 1.68 bits per heavy atom. The van der Waals surface area contributed by atoms with Gasteiger partial charge in [0.1, 0.15) is 6.54 Å². The largest absolute Gasteiger partial charge is 0.416 e. The normalized spacial score (nSPS) is 13.2. The lowest BCUT2D eigenvalue weighted by atomic mass is 10.1. The molecule has 4 rings (SSSR count). The van der Waals surface area contributed by atoms with E-state index in [1.54, 1.807) is 24.3 Å². The number of hydrogen-bond donors (Lipinski definition) is 1. The summed E-state index contributed by atoms with van der Waals surface area (Å²) >= 11 is 5.89. The second-order valence-corrected chi connectivity index (χ2v) is 9.01. The van der Waals surface area contributed by atoms with Crippen molar-refractivity contribution in [1.29, 1.82) is 0 Å². The van der Waals surface area contributed by atoms with Crippen molar-refractivity contribution in [2.24, 2.45) is 0 Å². The van der Waals surface area contributed by atoms with Crippen molar-refractivity contribution < 1.29 is 27.1 Å². The minimum Gasteiger partial charge on any atom is -0.382 e. The molecule has 4 aromatic rings. The van der Waals surface area contributed by atoms with Gasteiger partial charge in [0.25, 0.3) is 0 Å². The van der Waals surface area contributed by atoms with Crippen LogP contribution in [0.25, 0.3) is 17.1 Å². The molecule has 0 radical (unpaired) electrons. The van der Waals surface area contributed by atoms with Crippen molar-refractivity contribution in [2.75, 3.05) is 0 Å². The van der Waals surface area contributed by atoms with Crippen LogP contribution in [0.4, 0.5) is 22.0 Å². The molecule has 2 aromatic carbocycles. The zero-order valence-electron chi connectivity index (χ0n) is 20.1. The third kappa shape index (κ3) is 5.63. The van der Waals surface area contributed by atoms with E-state index in [9.17, 15) is 31.9 Å². The molecule has 0 fully saturated rings. The fourth-order valence-electron chi connectivity index (χ4n) is 3.82. The average molecular weight is 557 g/mol. The number of benzene rings is 2. The zero-order chi connectivity index (χ0) is 27.8. The first-order chi connectivity index (χ1) is 17.8. The maximum atomic E-state index is 14.5. The number of aromatic nitrogens is 6. The summed E-state index contributed by atoms with van der Waals surface area (Å²) in [4.78, 5) is 17.0. The lowest BCUT2D eigenvalue weighted by molar-refractivity contribution is -0.207. The second kappa shape index (κ2) is 10.3. The van der Waals surface area contributed by atoms with Crippen LogP contribution in [0.5, 0.6) is 0 Å². The molecule has 2 heterocycles. The molecule has 14 heteroatoms. The van der Waals surface area contributed by atoms with E-state index < -0.39 is 42.8 Å². The highest BCUT2D eigenvalue weighted by Gasteiger charge is 2.39. The Morgan fingerprint density at radius 3 is 2.29 bits per heavy atom. The minimum atomic E-state index is -4.99. The summed E-state index contributed by atoms with van der Waals surface area (Å²) < 4.78 is 70.6. The minimum absolute atomic E-state index is 0.188.